The highest BCUT2D eigenvalue weighted by Crippen LogP contribution is 2.24. The topological polar surface area (TPSA) is 57.8 Å². The van der Waals surface area contributed by atoms with Crippen molar-refractivity contribution in [3.63, 3.8) is 0 Å². The Balaban J connectivity index is 1.50. The van der Waals surface area contributed by atoms with E-state index in [1.54, 1.807) is 0 Å². The van der Waals surface area contributed by atoms with Crippen LogP contribution in [0.1, 0.15) is 31.4 Å². The van der Waals surface area contributed by atoms with E-state index in [1.165, 1.54) is 12.8 Å². The first-order chi connectivity index (χ1) is 10.3. The Morgan fingerprint density at radius 1 is 1.24 bits per heavy atom. The van der Waals surface area contributed by atoms with E-state index in [4.69, 9.17) is 0 Å². The molecule has 1 fully saturated rings. The Labute approximate surface area is 125 Å². The number of carbonyl (C=O) groups is 1. The number of hydrogen-bond acceptors (Lipinski definition) is 2. The Morgan fingerprint density at radius 3 is 2.76 bits per heavy atom. The van der Waals surface area contributed by atoms with Crippen LogP contribution >= 0.6 is 0 Å². The Kier molecular flexibility index (Phi) is 4.34. The highest BCUT2D eigenvalue weighted by atomic mass is 16.1. The maximum atomic E-state index is 11.9. The van der Waals surface area contributed by atoms with Gasteiger partial charge < -0.3 is 10.3 Å². The van der Waals surface area contributed by atoms with Crippen molar-refractivity contribution < 1.29 is 4.79 Å². The molecule has 1 aliphatic carbocycles. The minimum Gasteiger partial charge on any atom is -0.355 e. The average Bonchev–Trinajstić information content (AvgIpc) is 3.20. The zero-order chi connectivity index (χ0) is 14.5. The van der Waals surface area contributed by atoms with Gasteiger partial charge in [0.25, 0.3) is 0 Å². The third-order valence-corrected chi connectivity index (χ3v) is 4.10. The predicted molar refractivity (Wildman–Crippen MR) is 82.7 cm³/mol. The second kappa shape index (κ2) is 6.57. The second-order valence-electron chi connectivity index (χ2n) is 5.65. The van der Waals surface area contributed by atoms with Crippen LogP contribution in [0.2, 0.25) is 0 Å². The molecule has 1 aromatic carbocycles. The fourth-order valence-electron chi connectivity index (χ4n) is 2.88. The maximum Gasteiger partial charge on any atom is 0.223 e. The van der Waals surface area contributed by atoms with Crippen molar-refractivity contribution in [1.29, 1.82) is 0 Å². The first kappa shape index (κ1) is 13.9. The SMILES string of the molecule is O=C(NCCc1cnc(-c2ccccc2)[nH]1)C1CCCC1. The normalized spacial score (nSPS) is 15.2. The molecule has 2 N–H and O–H groups in total. The van der Waals surface area contributed by atoms with E-state index in [0.29, 0.717) is 6.54 Å². The number of H-pyrrole nitrogens is 1. The van der Waals surface area contributed by atoms with Gasteiger partial charge in [-0.15, -0.1) is 0 Å². The molecule has 1 saturated carbocycles. The molecule has 0 aliphatic heterocycles. The Bertz CT molecular complexity index is 585. The molecule has 3 rings (SSSR count). The van der Waals surface area contributed by atoms with Crippen molar-refractivity contribution in [3.05, 3.63) is 42.2 Å². The summed E-state index contributed by atoms with van der Waals surface area (Å²) in [6.45, 7) is 0.672. The molecule has 0 unspecified atom stereocenters. The molecular weight excluding hydrogens is 262 g/mol. The molecule has 1 heterocycles. The molecular formula is C17H21N3O. The quantitative estimate of drug-likeness (QED) is 0.886. The molecule has 0 saturated heterocycles. The van der Waals surface area contributed by atoms with Crippen LogP contribution in [0.25, 0.3) is 11.4 Å². The molecule has 2 aromatic rings. The lowest BCUT2D eigenvalue weighted by Gasteiger charge is -2.09. The van der Waals surface area contributed by atoms with Crippen LogP contribution in [0.15, 0.2) is 36.5 Å². The number of nitrogens with zero attached hydrogens (tertiary/aromatic N) is 1. The summed E-state index contributed by atoms with van der Waals surface area (Å²) >= 11 is 0. The highest BCUT2D eigenvalue weighted by molar-refractivity contribution is 5.78. The summed E-state index contributed by atoms with van der Waals surface area (Å²) < 4.78 is 0. The van der Waals surface area contributed by atoms with Crippen molar-refractivity contribution >= 4 is 5.91 Å². The van der Waals surface area contributed by atoms with Crippen molar-refractivity contribution in [2.45, 2.75) is 32.1 Å². The van der Waals surface area contributed by atoms with Crippen molar-refractivity contribution in [2.75, 3.05) is 6.54 Å². The van der Waals surface area contributed by atoms with Gasteiger partial charge in [-0.05, 0) is 12.8 Å². The fraction of sp³-hybridized carbons (Fsp3) is 0.412. The molecule has 0 bridgehead atoms. The molecule has 21 heavy (non-hydrogen) atoms. The predicted octanol–water partition coefficient (Wildman–Crippen LogP) is 2.93. The first-order valence-electron chi connectivity index (χ1n) is 7.70. The van der Waals surface area contributed by atoms with E-state index < -0.39 is 0 Å². The van der Waals surface area contributed by atoms with E-state index in [0.717, 1.165) is 36.3 Å². The number of rotatable bonds is 5. The maximum absolute atomic E-state index is 11.9. The van der Waals surface area contributed by atoms with E-state index >= 15 is 0 Å². The molecule has 4 nitrogen and oxygen atoms in total. The van der Waals surface area contributed by atoms with E-state index in [-0.39, 0.29) is 11.8 Å². The van der Waals surface area contributed by atoms with Crippen LogP contribution in [0, 0.1) is 5.92 Å². The largest absolute Gasteiger partial charge is 0.355 e. The van der Waals surface area contributed by atoms with Crippen LogP contribution in [-0.2, 0) is 11.2 Å². The first-order valence-corrected chi connectivity index (χ1v) is 7.70. The van der Waals surface area contributed by atoms with Gasteiger partial charge in [-0.25, -0.2) is 4.98 Å². The van der Waals surface area contributed by atoms with Crippen molar-refractivity contribution in [3.8, 4) is 11.4 Å². The summed E-state index contributed by atoms with van der Waals surface area (Å²) in [5.74, 6) is 1.34. The standard InChI is InChI=1S/C17H21N3O/c21-17(14-8-4-5-9-14)18-11-10-15-12-19-16(20-15)13-6-2-1-3-7-13/h1-3,6-7,12,14H,4-5,8-11H2,(H,18,21)(H,19,20). The van der Waals surface area contributed by atoms with Crippen molar-refractivity contribution in [2.24, 2.45) is 5.92 Å². The van der Waals surface area contributed by atoms with E-state index in [1.807, 2.05) is 36.5 Å². The summed E-state index contributed by atoms with van der Waals surface area (Å²) in [5.41, 5.74) is 2.14. The van der Waals surface area contributed by atoms with E-state index in [2.05, 4.69) is 15.3 Å². The second-order valence-corrected chi connectivity index (χ2v) is 5.65. The number of amides is 1. The van der Waals surface area contributed by atoms with Gasteiger partial charge in [0.2, 0.25) is 5.91 Å². The fourth-order valence-corrected chi connectivity index (χ4v) is 2.88. The summed E-state index contributed by atoms with van der Waals surface area (Å²) in [6.07, 6.45) is 7.13. The van der Waals surface area contributed by atoms with Crippen LogP contribution < -0.4 is 5.32 Å². The summed E-state index contributed by atoms with van der Waals surface area (Å²) in [6, 6.07) is 10.1. The summed E-state index contributed by atoms with van der Waals surface area (Å²) in [7, 11) is 0. The zero-order valence-corrected chi connectivity index (χ0v) is 12.1. The number of nitrogens with one attached hydrogen (secondary N) is 2. The number of imidazole rings is 1. The van der Waals surface area contributed by atoms with Gasteiger partial charge in [0.15, 0.2) is 0 Å². The number of benzene rings is 1. The van der Waals surface area contributed by atoms with Gasteiger partial charge in [-0.1, -0.05) is 43.2 Å². The molecule has 0 radical (unpaired) electrons. The summed E-state index contributed by atoms with van der Waals surface area (Å²) in [4.78, 5) is 19.6. The summed E-state index contributed by atoms with van der Waals surface area (Å²) in [5, 5.41) is 3.04. The molecule has 0 atom stereocenters. The molecule has 110 valence electrons. The van der Waals surface area contributed by atoms with Crippen molar-refractivity contribution in [1.82, 2.24) is 15.3 Å². The van der Waals surface area contributed by atoms with Gasteiger partial charge in [-0.3, -0.25) is 4.79 Å². The van der Waals surface area contributed by atoms with Gasteiger partial charge in [0, 0.05) is 36.3 Å². The molecule has 1 aromatic heterocycles. The molecule has 4 heteroatoms. The van der Waals surface area contributed by atoms with Crippen LogP contribution in [0.3, 0.4) is 0 Å². The lowest BCUT2D eigenvalue weighted by atomic mass is 10.1. The number of aromatic amines is 1. The molecule has 0 spiro atoms. The van der Waals surface area contributed by atoms with E-state index in [9.17, 15) is 4.79 Å². The van der Waals surface area contributed by atoms with Crippen LogP contribution in [-0.4, -0.2) is 22.4 Å². The van der Waals surface area contributed by atoms with Gasteiger partial charge in [0.1, 0.15) is 5.82 Å². The highest BCUT2D eigenvalue weighted by Gasteiger charge is 2.21. The number of carbonyl (C=O) groups excluding carboxylic acids is 1. The third kappa shape index (κ3) is 3.51. The Morgan fingerprint density at radius 2 is 2.00 bits per heavy atom. The Hall–Kier alpha value is -2.10. The smallest absolute Gasteiger partial charge is 0.223 e. The molecule has 1 amide bonds. The number of hydrogen-bond donors (Lipinski definition) is 2. The average molecular weight is 283 g/mol. The number of aromatic nitrogens is 2. The minimum atomic E-state index is 0.218. The zero-order valence-electron chi connectivity index (χ0n) is 12.1. The third-order valence-electron chi connectivity index (χ3n) is 4.10. The van der Waals surface area contributed by atoms with Gasteiger partial charge in [0.05, 0.1) is 0 Å². The monoisotopic (exact) mass is 283 g/mol. The molecule has 1 aliphatic rings. The van der Waals surface area contributed by atoms with Crippen LogP contribution in [0.5, 0.6) is 0 Å². The van der Waals surface area contributed by atoms with Gasteiger partial charge >= 0.3 is 0 Å². The van der Waals surface area contributed by atoms with Gasteiger partial charge in [-0.2, -0.15) is 0 Å². The van der Waals surface area contributed by atoms with Crippen LogP contribution in [0.4, 0.5) is 0 Å². The minimum absolute atomic E-state index is 0.218. The lowest BCUT2D eigenvalue weighted by Crippen LogP contribution is -2.30. The lowest BCUT2D eigenvalue weighted by molar-refractivity contribution is -0.124.